The summed E-state index contributed by atoms with van der Waals surface area (Å²) in [6, 6.07) is 5.40. The molecule has 1 aliphatic rings. The third kappa shape index (κ3) is 2.12. The monoisotopic (exact) mass is 262 g/mol. The van der Waals surface area contributed by atoms with Gasteiger partial charge in [-0.15, -0.1) is 5.10 Å². The van der Waals surface area contributed by atoms with Crippen molar-refractivity contribution >= 4 is 11.6 Å². The number of carbonyl (C=O) groups is 1. The number of aromatic nitrogens is 3. The molecule has 0 radical (unpaired) electrons. The van der Waals surface area contributed by atoms with Crippen LogP contribution in [0.5, 0.6) is 0 Å². The standard InChI is InChI=1S/C12H14N4O3/c17-11(18)9-7-14(8-9)5-6-16-12(19)15-4-2-1-3-10(15)13-16/h1-4,9H,5-8H2,(H,17,18). The predicted octanol–water partition coefficient (Wildman–Crippen LogP) is -0.488. The molecule has 0 saturated carbocycles. The molecule has 0 amide bonds. The average Bonchev–Trinajstić information content (AvgIpc) is 2.65. The summed E-state index contributed by atoms with van der Waals surface area (Å²) in [5, 5.41) is 13.0. The summed E-state index contributed by atoms with van der Waals surface area (Å²) in [6.45, 7) is 2.23. The van der Waals surface area contributed by atoms with Gasteiger partial charge in [0.1, 0.15) is 0 Å². The molecule has 0 aromatic carbocycles. The second-order valence-corrected chi connectivity index (χ2v) is 4.73. The molecular weight excluding hydrogens is 248 g/mol. The Balaban J connectivity index is 1.65. The molecule has 0 spiro atoms. The van der Waals surface area contributed by atoms with E-state index >= 15 is 0 Å². The molecular formula is C12H14N4O3. The van der Waals surface area contributed by atoms with Gasteiger partial charge in [-0.2, -0.15) is 0 Å². The number of hydrogen-bond acceptors (Lipinski definition) is 4. The zero-order chi connectivity index (χ0) is 13.4. The summed E-state index contributed by atoms with van der Waals surface area (Å²) in [6.07, 6.45) is 1.69. The van der Waals surface area contributed by atoms with Gasteiger partial charge in [0.15, 0.2) is 5.65 Å². The summed E-state index contributed by atoms with van der Waals surface area (Å²) in [5.74, 6) is -1.01. The fourth-order valence-corrected chi connectivity index (χ4v) is 2.26. The molecule has 0 unspecified atom stereocenters. The first-order chi connectivity index (χ1) is 9.15. The summed E-state index contributed by atoms with van der Waals surface area (Å²) >= 11 is 0. The lowest BCUT2D eigenvalue weighted by Crippen LogP contribution is -2.51. The van der Waals surface area contributed by atoms with Crippen LogP contribution in [0.1, 0.15) is 0 Å². The van der Waals surface area contributed by atoms with Crippen LogP contribution < -0.4 is 5.69 Å². The van der Waals surface area contributed by atoms with Crippen molar-refractivity contribution in [2.75, 3.05) is 19.6 Å². The average molecular weight is 262 g/mol. The Hall–Kier alpha value is -2.15. The first kappa shape index (κ1) is 11.9. The number of hydrogen-bond donors (Lipinski definition) is 1. The van der Waals surface area contributed by atoms with E-state index in [0.717, 1.165) is 0 Å². The fourth-order valence-electron chi connectivity index (χ4n) is 2.26. The Labute approximate surface area is 108 Å². The van der Waals surface area contributed by atoms with Crippen LogP contribution in [-0.2, 0) is 11.3 Å². The molecule has 2 aromatic rings. The summed E-state index contributed by atoms with van der Waals surface area (Å²) in [7, 11) is 0. The molecule has 1 fully saturated rings. The molecule has 100 valence electrons. The van der Waals surface area contributed by atoms with Gasteiger partial charge in [0.25, 0.3) is 0 Å². The van der Waals surface area contributed by atoms with Crippen molar-refractivity contribution in [2.24, 2.45) is 5.92 Å². The predicted molar refractivity (Wildman–Crippen MR) is 67.0 cm³/mol. The van der Waals surface area contributed by atoms with Crippen LogP contribution in [0.3, 0.4) is 0 Å². The highest BCUT2D eigenvalue weighted by Crippen LogP contribution is 2.14. The number of rotatable bonds is 4. The maximum Gasteiger partial charge on any atom is 0.350 e. The highest BCUT2D eigenvalue weighted by Gasteiger charge is 2.31. The number of pyridine rings is 1. The first-order valence-corrected chi connectivity index (χ1v) is 6.14. The van der Waals surface area contributed by atoms with E-state index in [9.17, 15) is 9.59 Å². The molecule has 1 N–H and O–H groups in total. The number of carboxylic acids is 1. The van der Waals surface area contributed by atoms with Crippen LogP contribution in [0.25, 0.3) is 5.65 Å². The third-order valence-electron chi connectivity index (χ3n) is 3.42. The maximum absolute atomic E-state index is 12.0. The number of fused-ring (bicyclic) bond motifs is 1. The van der Waals surface area contributed by atoms with Crippen LogP contribution >= 0.6 is 0 Å². The van der Waals surface area contributed by atoms with Crippen LogP contribution in [0.4, 0.5) is 0 Å². The normalized spacial score (nSPS) is 16.6. The summed E-state index contributed by atoms with van der Waals surface area (Å²) < 4.78 is 2.92. The largest absolute Gasteiger partial charge is 0.481 e. The van der Waals surface area contributed by atoms with Crippen molar-refractivity contribution in [3.63, 3.8) is 0 Å². The first-order valence-electron chi connectivity index (χ1n) is 6.14. The minimum absolute atomic E-state index is 0.161. The highest BCUT2D eigenvalue weighted by molar-refractivity contribution is 5.71. The molecule has 0 aliphatic carbocycles. The van der Waals surface area contributed by atoms with E-state index in [1.165, 1.54) is 9.08 Å². The number of likely N-dealkylation sites (tertiary alicyclic amines) is 1. The van der Waals surface area contributed by atoms with Gasteiger partial charge in [-0.1, -0.05) is 6.07 Å². The molecule has 7 heteroatoms. The molecule has 3 heterocycles. The van der Waals surface area contributed by atoms with Gasteiger partial charge in [0, 0.05) is 25.8 Å². The molecule has 1 saturated heterocycles. The molecule has 0 bridgehead atoms. The molecule has 0 atom stereocenters. The lowest BCUT2D eigenvalue weighted by atomic mass is 10.0. The van der Waals surface area contributed by atoms with E-state index in [0.29, 0.717) is 31.8 Å². The quantitative estimate of drug-likeness (QED) is 0.804. The van der Waals surface area contributed by atoms with Crippen molar-refractivity contribution in [1.29, 1.82) is 0 Å². The van der Waals surface area contributed by atoms with Crippen LogP contribution in [0.2, 0.25) is 0 Å². The molecule has 3 rings (SSSR count). The Kier molecular flexibility index (Phi) is 2.83. The van der Waals surface area contributed by atoms with Gasteiger partial charge < -0.3 is 5.11 Å². The zero-order valence-electron chi connectivity index (χ0n) is 10.3. The summed E-state index contributed by atoms with van der Waals surface area (Å²) in [5.41, 5.74) is 0.463. The van der Waals surface area contributed by atoms with Gasteiger partial charge in [-0.05, 0) is 12.1 Å². The Bertz CT molecular complexity index is 669. The van der Waals surface area contributed by atoms with Crippen LogP contribution in [0.15, 0.2) is 29.2 Å². The maximum atomic E-state index is 12.0. The molecule has 7 nitrogen and oxygen atoms in total. The van der Waals surface area contributed by atoms with Crippen LogP contribution in [0, 0.1) is 5.92 Å². The minimum Gasteiger partial charge on any atom is -0.481 e. The zero-order valence-corrected chi connectivity index (χ0v) is 10.3. The Morgan fingerprint density at radius 3 is 2.84 bits per heavy atom. The van der Waals surface area contributed by atoms with Gasteiger partial charge >= 0.3 is 11.7 Å². The Morgan fingerprint density at radius 2 is 2.16 bits per heavy atom. The van der Waals surface area contributed by atoms with Crippen molar-refractivity contribution in [1.82, 2.24) is 19.1 Å². The SMILES string of the molecule is O=C(O)C1CN(CCn2nc3ccccn3c2=O)C1. The van der Waals surface area contributed by atoms with E-state index in [1.807, 2.05) is 11.0 Å². The van der Waals surface area contributed by atoms with E-state index in [1.54, 1.807) is 18.3 Å². The van der Waals surface area contributed by atoms with Gasteiger partial charge in [-0.3, -0.25) is 14.1 Å². The van der Waals surface area contributed by atoms with Crippen molar-refractivity contribution < 1.29 is 9.90 Å². The molecule has 2 aromatic heterocycles. The van der Waals surface area contributed by atoms with E-state index < -0.39 is 5.97 Å². The molecule has 19 heavy (non-hydrogen) atoms. The van der Waals surface area contributed by atoms with Crippen molar-refractivity contribution in [3.8, 4) is 0 Å². The number of carboxylic acid groups (broad SMARTS) is 1. The van der Waals surface area contributed by atoms with E-state index in [2.05, 4.69) is 5.10 Å². The summed E-state index contributed by atoms with van der Waals surface area (Å²) in [4.78, 5) is 24.7. The van der Waals surface area contributed by atoms with Gasteiger partial charge in [-0.25, -0.2) is 9.48 Å². The van der Waals surface area contributed by atoms with Crippen molar-refractivity contribution in [3.05, 3.63) is 34.9 Å². The van der Waals surface area contributed by atoms with Crippen molar-refractivity contribution in [2.45, 2.75) is 6.54 Å². The second-order valence-electron chi connectivity index (χ2n) is 4.73. The van der Waals surface area contributed by atoms with Crippen LogP contribution in [-0.4, -0.2) is 49.8 Å². The number of nitrogens with zero attached hydrogens (tertiary/aromatic N) is 4. The topological polar surface area (TPSA) is 79.8 Å². The van der Waals surface area contributed by atoms with Gasteiger partial charge in [0.2, 0.25) is 0 Å². The lowest BCUT2D eigenvalue weighted by Gasteiger charge is -2.36. The Morgan fingerprint density at radius 1 is 1.37 bits per heavy atom. The van der Waals surface area contributed by atoms with E-state index in [-0.39, 0.29) is 11.6 Å². The smallest absolute Gasteiger partial charge is 0.350 e. The number of aliphatic carboxylic acids is 1. The second kappa shape index (κ2) is 4.51. The highest BCUT2D eigenvalue weighted by atomic mass is 16.4. The lowest BCUT2D eigenvalue weighted by molar-refractivity contribution is -0.147. The van der Waals surface area contributed by atoms with Gasteiger partial charge in [0.05, 0.1) is 12.5 Å². The fraction of sp³-hybridized carbons (Fsp3) is 0.417. The van der Waals surface area contributed by atoms with E-state index in [4.69, 9.17) is 5.11 Å². The third-order valence-corrected chi connectivity index (χ3v) is 3.42. The minimum atomic E-state index is -0.749. The molecule has 1 aliphatic heterocycles.